The van der Waals surface area contributed by atoms with Gasteiger partial charge in [-0.15, -0.1) is 24.8 Å². The number of H-pyrrole nitrogens is 1. The maximum Gasteiger partial charge on any atom is 0.252 e. The van der Waals surface area contributed by atoms with Gasteiger partial charge in [0.25, 0.3) is 5.91 Å². The highest BCUT2D eigenvalue weighted by Crippen LogP contribution is 2.34. The van der Waals surface area contributed by atoms with Crippen LogP contribution in [0.15, 0.2) is 36.4 Å². The third kappa shape index (κ3) is 5.13. The largest absolute Gasteiger partial charge is 0.355 e. The molecule has 0 unspecified atom stereocenters. The minimum atomic E-state index is -0.0687. The standard InChI is InChI=1S/C24H24ClN5O.2ClH/c25-20-4-3-18(23-19(20)14-27-24(23)31)22-13-17-12-16(2-5-21(17)28-22)15-30-10-8-29(9-11-30)7-1-6-26;;/h2-5,12-13,28H,1,7-11,14-15H2,(H,27,31);2*1H. The first-order valence-corrected chi connectivity index (χ1v) is 11.0. The van der Waals surface area contributed by atoms with Gasteiger partial charge in [0, 0.05) is 85.0 Å². The van der Waals surface area contributed by atoms with Gasteiger partial charge in [0.2, 0.25) is 0 Å². The third-order valence-corrected chi connectivity index (χ3v) is 6.65. The van der Waals surface area contributed by atoms with Crippen molar-refractivity contribution in [2.75, 3.05) is 32.7 Å². The Balaban J connectivity index is 0.00000153. The molecule has 3 aromatic rings. The minimum absolute atomic E-state index is 0. The summed E-state index contributed by atoms with van der Waals surface area (Å²) >= 11 is 6.30. The highest BCUT2D eigenvalue weighted by Gasteiger charge is 2.26. The Bertz CT molecular complexity index is 1190. The van der Waals surface area contributed by atoms with E-state index >= 15 is 0 Å². The van der Waals surface area contributed by atoms with Crippen molar-refractivity contribution in [1.29, 1.82) is 5.26 Å². The summed E-state index contributed by atoms with van der Waals surface area (Å²) in [5.41, 5.74) is 5.71. The van der Waals surface area contributed by atoms with Crippen LogP contribution in [0.2, 0.25) is 5.02 Å². The highest BCUT2D eigenvalue weighted by atomic mass is 35.5. The van der Waals surface area contributed by atoms with Gasteiger partial charge >= 0.3 is 0 Å². The van der Waals surface area contributed by atoms with Crippen molar-refractivity contribution in [3.63, 3.8) is 0 Å². The molecule has 2 aromatic carbocycles. The second-order valence-electron chi connectivity index (χ2n) is 8.26. The van der Waals surface area contributed by atoms with E-state index in [-0.39, 0.29) is 30.7 Å². The van der Waals surface area contributed by atoms with E-state index in [1.807, 2.05) is 12.1 Å². The smallest absolute Gasteiger partial charge is 0.252 e. The van der Waals surface area contributed by atoms with E-state index in [9.17, 15) is 4.79 Å². The molecule has 0 radical (unpaired) electrons. The van der Waals surface area contributed by atoms with E-state index in [0.717, 1.165) is 67.0 Å². The molecule has 9 heteroatoms. The van der Waals surface area contributed by atoms with Crippen LogP contribution in [-0.4, -0.2) is 53.4 Å². The molecule has 0 aliphatic carbocycles. The zero-order valence-electron chi connectivity index (χ0n) is 18.1. The number of aromatic amines is 1. The molecule has 0 bridgehead atoms. The van der Waals surface area contributed by atoms with Gasteiger partial charge in [-0.1, -0.05) is 23.7 Å². The Morgan fingerprint density at radius 3 is 2.55 bits per heavy atom. The summed E-state index contributed by atoms with van der Waals surface area (Å²) in [6.45, 7) is 6.34. The predicted octanol–water partition coefficient (Wildman–Crippen LogP) is 4.61. The van der Waals surface area contributed by atoms with Crippen LogP contribution in [0.3, 0.4) is 0 Å². The lowest BCUT2D eigenvalue weighted by Crippen LogP contribution is -2.46. The molecule has 2 aliphatic rings. The predicted molar refractivity (Wildman–Crippen MR) is 136 cm³/mol. The number of carbonyl (C=O) groups is 1. The topological polar surface area (TPSA) is 75.2 Å². The van der Waals surface area contributed by atoms with Crippen LogP contribution in [0.25, 0.3) is 22.2 Å². The van der Waals surface area contributed by atoms with Crippen molar-refractivity contribution >= 4 is 53.2 Å². The molecule has 33 heavy (non-hydrogen) atoms. The second-order valence-corrected chi connectivity index (χ2v) is 8.67. The molecule has 1 aromatic heterocycles. The highest BCUT2D eigenvalue weighted by molar-refractivity contribution is 6.32. The quantitative estimate of drug-likeness (QED) is 0.530. The van der Waals surface area contributed by atoms with Crippen molar-refractivity contribution in [3.05, 3.63) is 58.1 Å². The fraction of sp³-hybridized carbons (Fsp3) is 0.333. The van der Waals surface area contributed by atoms with Gasteiger partial charge in [-0.05, 0) is 29.8 Å². The number of hydrogen-bond acceptors (Lipinski definition) is 4. The summed E-state index contributed by atoms with van der Waals surface area (Å²) in [6, 6.07) is 14.7. The number of halogens is 3. The molecule has 1 saturated heterocycles. The first-order chi connectivity index (χ1) is 15.1. The number of carbonyl (C=O) groups excluding carboxylic acids is 1. The zero-order valence-corrected chi connectivity index (χ0v) is 20.5. The van der Waals surface area contributed by atoms with Gasteiger partial charge in [-0.2, -0.15) is 5.26 Å². The molecular formula is C24H26Cl3N5O. The summed E-state index contributed by atoms with van der Waals surface area (Å²) < 4.78 is 0. The Kier molecular flexibility index (Phi) is 8.28. The second kappa shape index (κ2) is 10.8. The Morgan fingerprint density at radius 1 is 1.03 bits per heavy atom. The fourth-order valence-electron chi connectivity index (χ4n) is 4.60. The SMILES string of the molecule is Cl.Cl.N#CCCN1CCN(Cc2ccc3[nH]c(-c4ccc(Cl)c5c4C(=O)NC5)cc3c2)CC1. The first-order valence-electron chi connectivity index (χ1n) is 10.7. The van der Waals surface area contributed by atoms with Crippen molar-refractivity contribution in [1.82, 2.24) is 20.1 Å². The molecule has 0 saturated carbocycles. The van der Waals surface area contributed by atoms with E-state index < -0.39 is 0 Å². The van der Waals surface area contributed by atoms with Crippen LogP contribution in [0, 0.1) is 11.3 Å². The molecule has 1 amide bonds. The van der Waals surface area contributed by atoms with Gasteiger partial charge in [0.15, 0.2) is 0 Å². The van der Waals surface area contributed by atoms with Crippen LogP contribution < -0.4 is 5.32 Å². The number of piperazine rings is 1. The number of nitrogens with zero attached hydrogens (tertiary/aromatic N) is 3. The molecule has 2 aliphatic heterocycles. The van der Waals surface area contributed by atoms with Crippen molar-refractivity contribution in [2.45, 2.75) is 19.5 Å². The van der Waals surface area contributed by atoms with Crippen LogP contribution in [0.4, 0.5) is 0 Å². The van der Waals surface area contributed by atoms with Crippen molar-refractivity contribution in [2.24, 2.45) is 0 Å². The Morgan fingerprint density at radius 2 is 1.79 bits per heavy atom. The molecule has 3 heterocycles. The van der Waals surface area contributed by atoms with E-state index in [0.29, 0.717) is 23.6 Å². The number of nitriles is 1. The number of aromatic nitrogens is 1. The molecule has 6 nitrogen and oxygen atoms in total. The van der Waals surface area contributed by atoms with Gasteiger partial charge in [-0.3, -0.25) is 14.6 Å². The molecule has 174 valence electrons. The zero-order chi connectivity index (χ0) is 21.4. The average molecular weight is 507 g/mol. The lowest BCUT2D eigenvalue weighted by atomic mass is 10.0. The number of rotatable bonds is 5. The minimum Gasteiger partial charge on any atom is -0.355 e. The summed E-state index contributed by atoms with van der Waals surface area (Å²) in [6.07, 6.45) is 0.602. The summed E-state index contributed by atoms with van der Waals surface area (Å²) in [7, 11) is 0. The van der Waals surface area contributed by atoms with E-state index in [1.165, 1.54) is 5.56 Å². The van der Waals surface area contributed by atoms with Crippen LogP contribution in [-0.2, 0) is 13.1 Å². The van der Waals surface area contributed by atoms with Crippen LogP contribution >= 0.6 is 36.4 Å². The number of fused-ring (bicyclic) bond motifs is 2. The maximum absolute atomic E-state index is 12.4. The number of benzene rings is 2. The van der Waals surface area contributed by atoms with Crippen LogP contribution in [0.5, 0.6) is 0 Å². The lowest BCUT2D eigenvalue weighted by Gasteiger charge is -2.34. The maximum atomic E-state index is 12.4. The number of hydrogen-bond donors (Lipinski definition) is 2. The molecule has 5 rings (SSSR count). The monoisotopic (exact) mass is 505 g/mol. The summed E-state index contributed by atoms with van der Waals surface area (Å²) in [5, 5.41) is 13.4. The lowest BCUT2D eigenvalue weighted by molar-refractivity contribution is 0.0966. The third-order valence-electron chi connectivity index (χ3n) is 6.29. The molecule has 0 atom stereocenters. The van der Waals surface area contributed by atoms with E-state index in [2.05, 4.69) is 50.4 Å². The first kappa shape index (κ1) is 25.4. The van der Waals surface area contributed by atoms with Crippen molar-refractivity contribution in [3.8, 4) is 17.3 Å². The normalized spacial score (nSPS) is 15.9. The van der Waals surface area contributed by atoms with E-state index in [1.54, 1.807) is 0 Å². The Labute approximate surface area is 210 Å². The summed E-state index contributed by atoms with van der Waals surface area (Å²) in [5.74, 6) is -0.0687. The van der Waals surface area contributed by atoms with Gasteiger partial charge in [-0.25, -0.2) is 0 Å². The molecule has 2 N–H and O–H groups in total. The van der Waals surface area contributed by atoms with Gasteiger partial charge in [0.05, 0.1) is 11.6 Å². The van der Waals surface area contributed by atoms with Gasteiger partial charge in [0.1, 0.15) is 0 Å². The Hall–Kier alpha value is -2.27. The average Bonchev–Trinajstić information content (AvgIpc) is 3.38. The molecule has 0 spiro atoms. The van der Waals surface area contributed by atoms with E-state index in [4.69, 9.17) is 16.9 Å². The number of amides is 1. The summed E-state index contributed by atoms with van der Waals surface area (Å²) in [4.78, 5) is 20.7. The number of nitrogens with one attached hydrogen (secondary N) is 2. The molecule has 1 fully saturated rings. The molecular weight excluding hydrogens is 481 g/mol. The fourth-order valence-corrected chi connectivity index (χ4v) is 4.82. The van der Waals surface area contributed by atoms with Gasteiger partial charge < -0.3 is 10.3 Å². The van der Waals surface area contributed by atoms with Crippen molar-refractivity contribution < 1.29 is 4.79 Å². The van der Waals surface area contributed by atoms with Crippen LogP contribution in [0.1, 0.15) is 27.9 Å².